The standard InChI is InChI=1S/C18H22BrN3O/c1-3-21(4-2)18(23)17-15-10-5-6-11-16(15)22(20-17)14-9-7-8-13(19)12-14/h7-9,12H,3-6,10-11H2,1-2H3. The van der Waals surface area contributed by atoms with Crippen molar-refractivity contribution >= 4 is 21.8 Å². The Balaban J connectivity index is 2.10. The lowest BCUT2D eigenvalue weighted by Gasteiger charge is -2.18. The van der Waals surface area contributed by atoms with Crippen LogP contribution in [0.5, 0.6) is 0 Å². The van der Waals surface area contributed by atoms with Gasteiger partial charge in [-0.05, 0) is 57.7 Å². The van der Waals surface area contributed by atoms with Crippen LogP contribution >= 0.6 is 15.9 Å². The molecule has 0 atom stereocenters. The molecule has 0 aliphatic heterocycles. The summed E-state index contributed by atoms with van der Waals surface area (Å²) in [6.45, 7) is 5.46. The highest BCUT2D eigenvalue weighted by molar-refractivity contribution is 9.10. The van der Waals surface area contributed by atoms with Crippen LogP contribution in [-0.4, -0.2) is 33.7 Å². The molecule has 23 heavy (non-hydrogen) atoms. The minimum atomic E-state index is 0.0573. The van der Waals surface area contributed by atoms with Crippen LogP contribution in [0.25, 0.3) is 5.69 Å². The zero-order chi connectivity index (χ0) is 16.4. The van der Waals surface area contributed by atoms with E-state index in [-0.39, 0.29) is 5.91 Å². The molecule has 0 saturated heterocycles. The van der Waals surface area contributed by atoms with E-state index in [0.717, 1.165) is 41.4 Å². The topological polar surface area (TPSA) is 38.1 Å². The Bertz CT molecular complexity index is 719. The van der Waals surface area contributed by atoms with Gasteiger partial charge in [-0.3, -0.25) is 4.79 Å². The van der Waals surface area contributed by atoms with Gasteiger partial charge in [-0.15, -0.1) is 0 Å². The second-order valence-electron chi connectivity index (χ2n) is 5.85. The average Bonchev–Trinajstić information content (AvgIpc) is 2.95. The number of carbonyl (C=O) groups is 1. The highest BCUT2D eigenvalue weighted by Gasteiger charge is 2.27. The van der Waals surface area contributed by atoms with E-state index in [1.807, 2.05) is 47.7 Å². The van der Waals surface area contributed by atoms with E-state index < -0.39 is 0 Å². The van der Waals surface area contributed by atoms with Crippen LogP contribution < -0.4 is 0 Å². The third-order valence-electron chi connectivity index (χ3n) is 4.49. The largest absolute Gasteiger partial charge is 0.338 e. The van der Waals surface area contributed by atoms with Gasteiger partial charge in [0.15, 0.2) is 5.69 Å². The Morgan fingerprint density at radius 3 is 2.70 bits per heavy atom. The zero-order valence-corrected chi connectivity index (χ0v) is 15.3. The first-order valence-corrected chi connectivity index (χ1v) is 9.11. The fraction of sp³-hybridized carbons (Fsp3) is 0.444. The maximum atomic E-state index is 12.8. The third kappa shape index (κ3) is 3.07. The Morgan fingerprint density at radius 2 is 2.00 bits per heavy atom. The molecule has 1 aromatic heterocycles. The summed E-state index contributed by atoms with van der Waals surface area (Å²) in [7, 11) is 0. The Kier molecular flexibility index (Phi) is 4.85. The van der Waals surface area contributed by atoms with Gasteiger partial charge in [0.1, 0.15) is 0 Å². The minimum absolute atomic E-state index is 0.0573. The molecular formula is C18H22BrN3O. The number of fused-ring (bicyclic) bond motifs is 1. The molecule has 5 heteroatoms. The number of rotatable bonds is 4. The van der Waals surface area contributed by atoms with Gasteiger partial charge in [-0.2, -0.15) is 5.10 Å². The fourth-order valence-corrected chi connectivity index (χ4v) is 3.64. The van der Waals surface area contributed by atoms with E-state index >= 15 is 0 Å². The lowest BCUT2D eigenvalue weighted by atomic mass is 9.95. The van der Waals surface area contributed by atoms with E-state index in [1.54, 1.807) is 0 Å². The van der Waals surface area contributed by atoms with Crippen molar-refractivity contribution in [3.63, 3.8) is 0 Å². The highest BCUT2D eigenvalue weighted by Crippen LogP contribution is 2.28. The summed E-state index contributed by atoms with van der Waals surface area (Å²) in [5, 5.41) is 4.72. The Labute approximate surface area is 145 Å². The van der Waals surface area contributed by atoms with Crippen LogP contribution in [0.15, 0.2) is 28.7 Å². The van der Waals surface area contributed by atoms with Gasteiger partial charge >= 0.3 is 0 Å². The molecule has 3 rings (SSSR count). The smallest absolute Gasteiger partial charge is 0.274 e. The first-order valence-electron chi connectivity index (χ1n) is 8.31. The molecule has 0 saturated carbocycles. The molecule has 0 fully saturated rings. The van der Waals surface area contributed by atoms with Crippen LogP contribution in [-0.2, 0) is 12.8 Å². The Morgan fingerprint density at radius 1 is 1.26 bits per heavy atom. The van der Waals surface area contributed by atoms with Crippen molar-refractivity contribution in [2.24, 2.45) is 0 Å². The number of aromatic nitrogens is 2. The number of benzene rings is 1. The van der Waals surface area contributed by atoms with Gasteiger partial charge in [0.05, 0.1) is 5.69 Å². The molecule has 0 unspecified atom stereocenters. The first-order chi connectivity index (χ1) is 11.2. The van der Waals surface area contributed by atoms with Crippen LogP contribution in [0.3, 0.4) is 0 Å². The van der Waals surface area contributed by atoms with Gasteiger partial charge in [-0.25, -0.2) is 4.68 Å². The lowest BCUT2D eigenvalue weighted by Crippen LogP contribution is -2.31. The molecule has 122 valence electrons. The monoisotopic (exact) mass is 375 g/mol. The molecule has 0 radical (unpaired) electrons. The quantitative estimate of drug-likeness (QED) is 0.809. The molecule has 1 aliphatic carbocycles. The molecule has 1 aliphatic rings. The van der Waals surface area contributed by atoms with Crippen molar-refractivity contribution in [3.8, 4) is 5.69 Å². The molecule has 1 amide bonds. The maximum absolute atomic E-state index is 12.8. The van der Waals surface area contributed by atoms with Gasteiger partial charge in [0, 0.05) is 28.8 Å². The third-order valence-corrected chi connectivity index (χ3v) is 4.98. The summed E-state index contributed by atoms with van der Waals surface area (Å²) >= 11 is 3.52. The average molecular weight is 376 g/mol. The molecule has 0 spiro atoms. The molecule has 1 heterocycles. The number of amides is 1. The predicted molar refractivity (Wildman–Crippen MR) is 95.2 cm³/mol. The van der Waals surface area contributed by atoms with Gasteiger partial charge in [0.2, 0.25) is 0 Å². The summed E-state index contributed by atoms with van der Waals surface area (Å²) in [5.74, 6) is 0.0573. The van der Waals surface area contributed by atoms with Gasteiger partial charge in [-0.1, -0.05) is 22.0 Å². The van der Waals surface area contributed by atoms with Crippen molar-refractivity contribution in [2.75, 3.05) is 13.1 Å². The number of carbonyl (C=O) groups excluding carboxylic acids is 1. The molecule has 1 aromatic carbocycles. The minimum Gasteiger partial charge on any atom is -0.338 e. The van der Waals surface area contributed by atoms with E-state index in [0.29, 0.717) is 18.8 Å². The van der Waals surface area contributed by atoms with Gasteiger partial charge < -0.3 is 4.90 Å². The number of halogens is 1. The van der Waals surface area contributed by atoms with E-state index in [4.69, 9.17) is 5.10 Å². The van der Waals surface area contributed by atoms with Crippen LogP contribution in [0.1, 0.15) is 48.4 Å². The van der Waals surface area contributed by atoms with E-state index in [1.165, 1.54) is 5.69 Å². The number of hydrogen-bond acceptors (Lipinski definition) is 2. The van der Waals surface area contributed by atoms with Crippen molar-refractivity contribution in [1.82, 2.24) is 14.7 Å². The van der Waals surface area contributed by atoms with Crippen molar-refractivity contribution in [1.29, 1.82) is 0 Å². The molecule has 0 bridgehead atoms. The van der Waals surface area contributed by atoms with Crippen LogP contribution in [0.4, 0.5) is 0 Å². The first kappa shape index (κ1) is 16.2. The molecule has 0 N–H and O–H groups in total. The molecule has 4 nitrogen and oxygen atoms in total. The summed E-state index contributed by atoms with van der Waals surface area (Å²) in [6.07, 6.45) is 4.23. The zero-order valence-electron chi connectivity index (χ0n) is 13.7. The van der Waals surface area contributed by atoms with Crippen LogP contribution in [0, 0.1) is 0 Å². The lowest BCUT2D eigenvalue weighted by molar-refractivity contribution is 0.0765. The summed E-state index contributed by atoms with van der Waals surface area (Å²) in [6, 6.07) is 8.09. The van der Waals surface area contributed by atoms with E-state index in [2.05, 4.69) is 15.9 Å². The van der Waals surface area contributed by atoms with E-state index in [9.17, 15) is 4.79 Å². The number of hydrogen-bond donors (Lipinski definition) is 0. The molecular weight excluding hydrogens is 354 g/mol. The summed E-state index contributed by atoms with van der Waals surface area (Å²) < 4.78 is 2.99. The van der Waals surface area contributed by atoms with Crippen LogP contribution in [0.2, 0.25) is 0 Å². The summed E-state index contributed by atoms with van der Waals surface area (Å²) in [4.78, 5) is 14.7. The maximum Gasteiger partial charge on any atom is 0.274 e. The molecule has 2 aromatic rings. The van der Waals surface area contributed by atoms with Gasteiger partial charge in [0.25, 0.3) is 5.91 Å². The number of nitrogens with zero attached hydrogens (tertiary/aromatic N) is 3. The normalized spacial score (nSPS) is 13.7. The highest BCUT2D eigenvalue weighted by atomic mass is 79.9. The van der Waals surface area contributed by atoms with Crippen molar-refractivity contribution in [2.45, 2.75) is 39.5 Å². The second kappa shape index (κ2) is 6.87. The second-order valence-corrected chi connectivity index (χ2v) is 6.77. The SMILES string of the molecule is CCN(CC)C(=O)c1nn(-c2cccc(Br)c2)c2c1CCCC2. The predicted octanol–water partition coefficient (Wildman–Crippen LogP) is 4.00. The summed E-state index contributed by atoms with van der Waals surface area (Å²) in [5.41, 5.74) is 4.00. The fourth-order valence-electron chi connectivity index (χ4n) is 3.25. The van der Waals surface area contributed by atoms with Crippen molar-refractivity contribution < 1.29 is 4.79 Å². The van der Waals surface area contributed by atoms with Crippen molar-refractivity contribution in [3.05, 3.63) is 45.7 Å². The Hall–Kier alpha value is -1.62.